The lowest BCUT2D eigenvalue weighted by Crippen LogP contribution is -1.94. The highest BCUT2D eigenvalue weighted by molar-refractivity contribution is 6.20. The molecule has 1 fully saturated rings. The van der Waals surface area contributed by atoms with Crippen molar-refractivity contribution in [2.45, 2.75) is 37.5 Å². The number of alkyl halides is 1. The molecular formula is C12H15Cl. The van der Waals surface area contributed by atoms with E-state index in [0.29, 0.717) is 11.3 Å². The summed E-state index contributed by atoms with van der Waals surface area (Å²) < 4.78 is 0. The van der Waals surface area contributed by atoms with Crippen molar-refractivity contribution in [3.63, 3.8) is 0 Å². The van der Waals surface area contributed by atoms with Crippen LogP contribution in [-0.2, 0) is 0 Å². The molecule has 0 N–H and O–H groups in total. The number of rotatable bonds is 1. The predicted molar refractivity (Wildman–Crippen MR) is 57.4 cm³/mol. The lowest BCUT2D eigenvalue weighted by molar-refractivity contribution is 0.723. The molecule has 0 aromatic heterocycles. The van der Waals surface area contributed by atoms with Crippen LogP contribution in [0.4, 0.5) is 0 Å². The van der Waals surface area contributed by atoms with Crippen molar-refractivity contribution in [3.05, 3.63) is 35.4 Å². The standard InChI is InChI=1S/C12H15Cl/c1-9-3-2-4-10(7-9)11-5-6-12(13)8-11/h2-4,7,11-12H,5-6,8H2,1H3. The maximum absolute atomic E-state index is 6.10. The zero-order valence-corrected chi connectivity index (χ0v) is 8.72. The number of halogens is 1. The molecule has 2 unspecified atom stereocenters. The predicted octanol–water partition coefficient (Wildman–Crippen LogP) is 3.87. The van der Waals surface area contributed by atoms with Crippen LogP contribution in [0.25, 0.3) is 0 Å². The molecule has 13 heavy (non-hydrogen) atoms. The topological polar surface area (TPSA) is 0 Å². The Hall–Kier alpha value is -0.490. The first-order valence-electron chi connectivity index (χ1n) is 4.96. The van der Waals surface area contributed by atoms with E-state index in [1.165, 1.54) is 24.0 Å². The van der Waals surface area contributed by atoms with Gasteiger partial charge in [0, 0.05) is 5.38 Å². The van der Waals surface area contributed by atoms with Gasteiger partial charge in [-0.25, -0.2) is 0 Å². The van der Waals surface area contributed by atoms with Crippen LogP contribution in [0, 0.1) is 6.92 Å². The summed E-state index contributed by atoms with van der Waals surface area (Å²) in [6, 6.07) is 8.81. The maximum Gasteiger partial charge on any atom is 0.0342 e. The third kappa shape index (κ3) is 2.05. The van der Waals surface area contributed by atoms with Crippen molar-refractivity contribution in [2.24, 2.45) is 0 Å². The highest BCUT2D eigenvalue weighted by Gasteiger charge is 2.23. The first-order valence-corrected chi connectivity index (χ1v) is 5.40. The number of hydrogen-bond acceptors (Lipinski definition) is 0. The molecular weight excluding hydrogens is 180 g/mol. The number of aryl methyl sites for hydroxylation is 1. The van der Waals surface area contributed by atoms with Gasteiger partial charge in [-0.1, -0.05) is 29.8 Å². The van der Waals surface area contributed by atoms with Gasteiger partial charge in [0.25, 0.3) is 0 Å². The van der Waals surface area contributed by atoms with E-state index in [2.05, 4.69) is 31.2 Å². The molecule has 70 valence electrons. The smallest absolute Gasteiger partial charge is 0.0342 e. The molecule has 1 aliphatic carbocycles. The van der Waals surface area contributed by atoms with Crippen LogP contribution in [0.3, 0.4) is 0 Å². The van der Waals surface area contributed by atoms with E-state index in [4.69, 9.17) is 11.6 Å². The van der Waals surface area contributed by atoms with Gasteiger partial charge in [0.2, 0.25) is 0 Å². The van der Waals surface area contributed by atoms with E-state index >= 15 is 0 Å². The summed E-state index contributed by atoms with van der Waals surface area (Å²) in [4.78, 5) is 0. The van der Waals surface area contributed by atoms with Gasteiger partial charge in [-0.05, 0) is 37.7 Å². The summed E-state index contributed by atoms with van der Waals surface area (Å²) in [5, 5.41) is 0.408. The van der Waals surface area contributed by atoms with Crippen molar-refractivity contribution in [1.29, 1.82) is 0 Å². The van der Waals surface area contributed by atoms with Crippen molar-refractivity contribution < 1.29 is 0 Å². The zero-order valence-electron chi connectivity index (χ0n) is 7.96. The van der Waals surface area contributed by atoms with E-state index < -0.39 is 0 Å². The van der Waals surface area contributed by atoms with Crippen molar-refractivity contribution in [3.8, 4) is 0 Å². The highest BCUT2D eigenvalue weighted by atomic mass is 35.5. The SMILES string of the molecule is Cc1cccc(C2CCC(Cl)C2)c1. The lowest BCUT2D eigenvalue weighted by Gasteiger charge is -2.09. The summed E-state index contributed by atoms with van der Waals surface area (Å²) in [7, 11) is 0. The van der Waals surface area contributed by atoms with Crippen LogP contribution in [-0.4, -0.2) is 5.38 Å². The van der Waals surface area contributed by atoms with Crippen LogP contribution >= 0.6 is 11.6 Å². The molecule has 0 amide bonds. The van der Waals surface area contributed by atoms with Gasteiger partial charge in [-0.15, -0.1) is 11.6 Å². The molecule has 0 saturated heterocycles. The Morgan fingerprint density at radius 3 is 2.77 bits per heavy atom. The normalized spacial score (nSPS) is 27.8. The minimum atomic E-state index is 0.408. The number of benzene rings is 1. The Morgan fingerprint density at radius 1 is 1.31 bits per heavy atom. The molecule has 2 atom stereocenters. The first-order chi connectivity index (χ1) is 6.25. The van der Waals surface area contributed by atoms with Crippen LogP contribution < -0.4 is 0 Å². The third-order valence-corrected chi connectivity index (χ3v) is 3.28. The largest absolute Gasteiger partial charge is 0.123 e. The Labute approximate surface area is 84.9 Å². The second-order valence-electron chi connectivity index (χ2n) is 4.02. The fourth-order valence-corrected chi connectivity index (χ4v) is 2.49. The zero-order chi connectivity index (χ0) is 9.26. The second kappa shape index (κ2) is 3.71. The molecule has 1 aromatic rings. The average Bonchev–Trinajstić information content (AvgIpc) is 2.52. The molecule has 1 aliphatic rings. The fourth-order valence-electron chi connectivity index (χ4n) is 2.15. The van der Waals surface area contributed by atoms with Crippen LogP contribution in [0.2, 0.25) is 0 Å². The quantitative estimate of drug-likeness (QED) is 0.596. The average molecular weight is 195 g/mol. The molecule has 0 bridgehead atoms. The fraction of sp³-hybridized carbons (Fsp3) is 0.500. The summed E-state index contributed by atoms with van der Waals surface area (Å²) in [5.41, 5.74) is 2.83. The molecule has 1 heteroatoms. The molecule has 2 rings (SSSR count). The van der Waals surface area contributed by atoms with Crippen molar-refractivity contribution in [1.82, 2.24) is 0 Å². The molecule has 1 aromatic carbocycles. The summed E-state index contributed by atoms with van der Waals surface area (Å²) >= 11 is 6.10. The molecule has 0 spiro atoms. The Bertz CT molecular complexity index is 293. The van der Waals surface area contributed by atoms with E-state index in [0.717, 1.165) is 6.42 Å². The van der Waals surface area contributed by atoms with Gasteiger partial charge < -0.3 is 0 Å². The molecule has 0 aliphatic heterocycles. The molecule has 0 radical (unpaired) electrons. The minimum Gasteiger partial charge on any atom is -0.123 e. The maximum atomic E-state index is 6.10. The van der Waals surface area contributed by atoms with Crippen molar-refractivity contribution >= 4 is 11.6 Å². The lowest BCUT2D eigenvalue weighted by atomic mass is 9.96. The van der Waals surface area contributed by atoms with Gasteiger partial charge in [-0.3, -0.25) is 0 Å². The molecule has 0 heterocycles. The van der Waals surface area contributed by atoms with E-state index in [9.17, 15) is 0 Å². The van der Waals surface area contributed by atoms with Crippen LogP contribution in [0.15, 0.2) is 24.3 Å². The summed E-state index contributed by atoms with van der Waals surface area (Å²) in [6.45, 7) is 2.15. The Kier molecular flexibility index (Phi) is 2.59. The molecule has 1 saturated carbocycles. The third-order valence-electron chi connectivity index (χ3n) is 2.88. The van der Waals surface area contributed by atoms with E-state index in [-0.39, 0.29) is 0 Å². The van der Waals surface area contributed by atoms with Gasteiger partial charge in [-0.2, -0.15) is 0 Å². The van der Waals surface area contributed by atoms with Gasteiger partial charge in [0.1, 0.15) is 0 Å². The van der Waals surface area contributed by atoms with Crippen molar-refractivity contribution in [2.75, 3.05) is 0 Å². The second-order valence-corrected chi connectivity index (χ2v) is 4.64. The van der Waals surface area contributed by atoms with Gasteiger partial charge in [0.05, 0.1) is 0 Å². The molecule has 0 nitrogen and oxygen atoms in total. The van der Waals surface area contributed by atoms with Crippen LogP contribution in [0.5, 0.6) is 0 Å². The highest BCUT2D eigenvalue weighted by Crippen LogP contribution is 2.37. The number of hydrogen-bond donors (Lipinski definition) is 0. The summed E-state index contributed by atoms with van der Waals surface area (Å²) in [6.07, 6.45) is 3.60. The Morgan fingerprint density at radius 2 is 2.15 bits per heavy atom. The van der Waals surface area contributed by atoms with Gasteiger partial charge in [0.15, 0.2) is 0 Å². The van der Waals surface area contributed by atoms with Crippen LogP contribution in [0.1, 0.15) is 36.3 Å². The van der Waals surface area contributed by atoms with Gasteiger partial charge >= 0.3 is 0 Å². The van der Waals surface area contributed by atoms with E-state index in [1.807, 2.05) is 0 Å². The monoisotopic (exact) mass is 194 g/mol. The minimum absolute atomic E-state index is 0.408. The summed E-state index contributed by atoms with van der Waals surface area (Å²) in [5.74, 6) is 0.711. The Balaban J connectivity index is 2.16. The first kappa shape index (κ1) is 9.08. The van der Waals surface area contributed by atoms with E-state index in [1.54, 1.807) is 0 Å².